The molecule has 1 atom stereocenters. The fraction of sp³-hybridized carbons (Fsp3) is 0.500. The van der Waals surface area contributed by atoms with E-state index in [4.69, 9.17) is 4.55 Å². The van der Waals surface area contributed by atoms with Crippen LogP contribution in [0.1, 0.15) is 12.0 Å². The van der Waals surface area contributed by atoms with Gasteiger partial charge in [-0.2, -0.15) is 0 Å². The Balaban J connectivity index is 2.33. The van der Waals surface area contributed by atoms with E-state index >= 15 is 0 Å². The van der Waals surface area contributed by atoms with E-state index in [1.165, 1.54) is 5.56 Å². The van der Waals surface area contributed by atoms with E-state index < -0.39 is 11.3 Å². The maximum absolute atomic E-state index is 10.4. The highest BCUT2D eigenvalue weighted by molar-refractivity contribution is 7.77. The Labute approximate surface area is 106 Å². The molecule has 1 unspecified atom stereocenters. The first-order valence-corrected chi connectivity index (χ1v) is 6.80. The molecular weight excluding hydrogens is 236 g/mol. The fourth-order valence-corrected chi connectivity index (χ4v) is 2.14. The Morgan fingerprint density at radius 1 is 1.29 bits per heavy atom. The molecule has 0 fully saturated rings. The summed E-state index contributed by atoms with van der Waals surface area (Å²) in [6, 6.07) is 10.4. The zero-order chi connectivity index (χ0) is 12.7. The highest BCUT2D eigenvalue weighted by Gasteiger charge is 2.14. The Kier molecular flexibility index (Phi) is 5.77. The number of benzene rings is 1. The van der Waals surface area contributed by atoms with Crippen LogP contribution in [0.4, 0.5) is 0 Å². The van der Waals surface area contributed by atoms with E-state index in [2.05, 4.69) is 31.0 Å². The number of nitrogens with one attached hydrogen (secondary N) is 1. The molecular formula is C12H21N2O2S+. The van der Waals surface area contributed by atoms with Crippen molar-refractivity contribution in [1.29, 1.82) is 0 Å². The zero-order valence-corrected chi connectivity index (χ0v) is 11.2. The smallest absolute Gasteiger partial charge is 0.231 e. The van der Waals surface area contributed by atoms with Gasteiger partial charge in [0, 0.05) is 18.5 Å². The number of hydrogen-bond donors (Lipinski definition) is 2. The molecule has 96 valence electrons. The van der Waals surface area contributed by atoms with Crippen molar-refractivity contribution in [3.05, 3.63) is 35.9 Å². The molecule has 0 aliphatic carbocycles. The largest absolute Gasteiger partial charge is 0.325 e. The number of hydrogen-bond acceptors (Lipinski definition) is 1. The summed E-state index contributed by atoms with van der Waals surface area (Å²) in [5, 5.41) is 0. The van der Waals surface area contributed by atoms with E-state index in [0.29, 0.717) is 6.54 Å². The van der Waals surface area contributed by atoms with Gasteiger partial charge in [-0.15, -0.1) is 0 Å². The van der Waals surface area contributed by atoms with Crippen molar-refractivity contribution in [2.45, 2.75) is 13.0 Å². The normalized spacial score (nSPS) is 13.6. The van der Waals surface area contributed by atoms with Gasteiger partial charge in [0.25, 0.3) is 0 Å². The molecule has 5 heteroatoms. The van der Waals surface area contributed by atoms with E-state index in [0.717, 1.165) is 24.0 Å². The molecule has 0 aromatic heterocycles. The lowest BCUT2D eigenvalue weighted by atomic mass is 10.2. The summed E-state index contributed by atoms with van der Waals surface area (Å²) in [7, 11) is 4.34. The average Bonchev–Trinajstić information content (AvgIpc) is 2.25. The zero-order valence-electron chi connectivity index (χ0n) is 10.4. The maximum atomic E-state index is 10.4. The SMILES string of the molecule is C[N+](C)(CCCNS(=O)O)Cc1ccccc1. The molecule has 2 N–H and O–H groups in total. The molecule has 1 aromatic carbocycles. The van der Waals surface area contributed by atoms with Crippen molar-refractivity contribution in [2.75, 3.05) is 27.2 Å². The molecule has 0 saturated carbocycles. The summed E-state index contributed by atoms with van der Waals surface area (Å²) >= 11 is -1.89. The summed E-state index contributed by atoms with van der Waals surface area (Å²) in [5.74, 6) is 0. The molecule has 0 amide bonds. The van der Waals surface area contributed by atoms with Crippen molar-refractivity contribution in [3.63, 3.8) is 0 Å². The van der Waals surface area contributed by atoms with Crippen LogP contribution >= 0.6 is 0 Å². The van der Waals surface area contributed by atoms with Crippen LogP contribution in [0.15, 0.2) is 30.3 Å². The maximum Gasteiger partial charge on any atom is 0.231 e. The Hall–Kier alpha value is -0.750. The van der Waals surface area contributed by atoms with Crippen LogP contribution in [0.25, 0.3) is 0 Å². The molecule has 4 nitrogen and oxygen atoms in total. The molecule has 0 radical (unpaired) electrons. The molecule has 0 saturated heterocycles. The summed E-state index contributed by atoms with van der Waals surface area (Å²) in [6.07, 6.45) is 0.881. The topological polar surface area (TPSA) is 49.3 Å². The summed E-state index contributed by atoms with van der Waals surface area (Å²) < 4.78 is 22.4. The molecule has 17 heavy (non-hydrogen) atoms. The van der Waals surface area contributed by atoms with Crippen molar-refractivity contribution < 1.29 is 13.2 Å². The molecule has 1 aromatic rings. The Bertz CT molecular complexity index is 355. The van der Waals surface area contributed by atoms with Gasteiger partial charge in [0.1, 0.15) is 6.54 Å². The third-order valence-corrected chi connectivity index (χ3v) is 3.07. The van der Waals surface area contributed by atoms with E-state index in [-0.39, 0.29) is 0 Å². The van der Waals surface area contributed by atoms with E-state index in [1.807, 2.05) is 18.2 Å². The average molecular weight is 257 g/mol. The summed E-state index contributed by atoms with van der Waals surface area (Å²) in [6.45, 7) is 2.52. The molecule has 0 bridgehead atoms. The lowest BCUT2D eigenvalue weighted by Crippen LogP contribution is -2.40. The number of quaternary nitrogens is 1. The van der Waals surface area contributed by atoms with Crippen LogP contribution < -0.4 is 4.72 Å². The second kappa shape index (κ2) is 6.86. The standard InChI is InChI=1S/C12H20N2O2S/c1-14(2,10-6-9-13-17(15)16)11-12-7-4-3-5-8-12/h3-5,7-8,13H,6,9-11H2,1-2H3/p+1. The lowest BCUT2D eigenvalue weighted by molar-refractivity contribution is -0.903. The van der Waals surface area contributed by atoms with Crippen LogP contribution in [0.3, 0.4) is 0 Å². The predicted molar refractivity (Wildman–Crippen MR) is 70.5 cm³/mol. The fourth-order valence-electron chi connectivity index (χ4n) is 1.82. The number of rotatable bonds is 7. The van der Waals surface area contributed by atoms with Gasteiger partial charge in [-0.05, 0) is 0 Å². The van der Waals surface area contributed by atoms with E-state index in [1.54, 1.807) is 0 Å². The van der Waals surface area contributed by atoms with Gasteiger partial charge in [0.15, 0.2) is 0 Å². The summed E-state index contributed by atoms with van der Waals surface area (Å²) in [4.78, 5) is 0. The highest BCUT2D eigenvalue weighted by atomic mass is 32.2. The minimum atomic E-state index is -1.89. The molecule has 0 spiro atoms. The predicted octanol–water partition coefficient (Wildman–Crippen LogP) is 1.38. The van der Waals surface area contributed by atoms with Crippen molar-refractivity contribution in [2.24, 2.45) is 0 Å². The lowest BCUT2D eigenvalue weighted by Gasteiger charge is -2.29. The van der Waals surface area contributed by atoms with Crippen LogP contribution in [0.5, 0.6) is 0 Å². The van der Waals surface area contributed by atoms with Gasteiger partial charge in [0.2, 0.25) is 11.3 Å². The first-order chi connectivity index (χ1) is 7.99. The molecule has 1 rings (SSSR count). The van der Waals surface area contributed by atoms with Gasteiger partial charge in [-0.1, -0.05) is 30.3 Å². The van der Waals surface area contributed by atoms with Gasteiger partial charge < -0.3 is 4.48 Å². The molecule has 0 aliphatic rings. The van der Waals surface area contributed by atoms with Gasteiger partial charge in [0.05, 0.1) is 20.6 Å². The Morgan fingerprint density at radius 3 is 2.53 bits per heavy atom. The first-order valence-electron chi connectivity index (χ1n) is 5.70. The quantitative estimate of drug-likeness (QED) is 0.440. The van der Waals surface area contributed by atoms with Crippen molar-refractivity contribution in [3.8, 4) is 0 Å². The third kappa shape index (κ3) is 6.53. The van der Waals surface area contributed by atoms with Gasteiger partial charge >= 0.3 is 0 Å². The first kappa shape index (κ1) is 14.3. The molecule has 0 heterocycles. The van der Waals surface area contributed by atoms with Crippen molar-refractivity contribution >= 4 is 11.3 Å². The van der Waals surface area contributed by atoms with Gasteiger partial charge in [-0.3, -0.25) is 4.55 Å². The minimum absolute atomic E-state index is 0.569. The van der Waals surface area contributed by atoms with Crippen LogP contribution in [0.2, 0.25) is 0 Å². The van der Waals surface area contributed by atoms with E-state index in [9.17, 15) is 4.21 Å². The number of nitrogens with zero attached hydrogens (tertiary/aromatic N) is 1. The van der Waals surface area contributed by atoms with Crippen LogP contribution in [0, 0.1) is 0 Å². The van der Waals surface area contributed by atoms with Crippen LogP contribution in [-0.4, -0.2) is 40.4 Å². The monoisotopic (exact) mass is 257 g/mol. The second-order valence-corrected chi connectivity index (χ2v) is 5.59. The van der Waals surface area contributed by atoms with Crippen LogP contribution in [-0.2, 0) is 17.8 Å². The third-order valence-electron chi connectivity index (χ3n) is 2.62. The molecule has 0 aliphatic heterocycles. The van der Waals surface area contributed by atoms with Gasteiger partial charge in [-0.25, -0.2) is 8.93 Å². The summed E-state index contributed by atoms with van der Waals surface area (Å²) in [5.41, 5.74) is 1.32. The Morgan fingerprint density at radius 2 is 1.94 bits per heavy atom. The minimum Gasteiger partial charge on any atom is -0.325 e. The highest BCUT2D eigenvalue weighted by Crippen LogP contribution is 2.09. The van der Waals surface area contributed by atoms with Crippen molar-refractivity contribution in [1.82, 2.24) is 4.72 Å². The second-order valence-electron chi connectivity index (χ2n) is 4.80.